The number of rotatable bonds is 5. The number of amides is 2. The van der Waals surface area contributed by atoms with Gasteiger partial charge in [-0.1, -0.05) is 6.92 Å². The first-order valence-corrected chi connectivity index (χ1v) is 6.49. The van der Waals surface area contributed by atoms with Gasteiger partial charge < -0.3 is 15.5 Å². The SMILES string of the molecule is CCC1NCCN(CC(=O)NCC2CC2)C1=O. The minimum Gasteiger partial charge on any atom is -0.354 e. The largest absolute Gasteiger partial charge is 0.354 e. The normalized spacial score (nSPS) is 24.9. The third-order valence-electron chi connectivity index (χ3n) is 3.41. The second kappa shape index (κ2) is 5.49. The van der Waals surface area contributed by atoms with Crippen LogP contribution in [-0.4, -0.2) is 48.9 Å². The zero-order valence-corrected chi connectivity index (χ0v) is 10.4. The number of hydrogen-bond acceptors (Lipinski definition) is 3. The lowest BCUT2D eigenvalue weighted by Crippen LogP contribution is -2.56. The lowest BCUT2D eigenvalue weighted by Gasteiger charge is -2.32. The summed E-state index contributed by atoms with van der Waals surface area (Å²) in [6, 6.07) is -0.111. The molecule has 1 unspecified atom stereocenters. The Hall–Kier alpha value is -1.10. The molecule has 2 aliphatic rings. The summed E-state index contributed by atoms with van der Waals surface area (Å²) in [5.41, 5.74) is 0. The maximum atomic E-state index is 11.9. The van der Waals surface area contributed by atoms with Crippen molar-refractivity contribution in [2.75, 3.05) is 26.2 Å². The maximum absolute atomic E-state index is 11.9. The van der Waals surface area contributed by atoms with Gasteiger partial charge in [0.1, 0.15) is 0 Å². The van der Waals surface area contributed by atoms with Crippen molar-refractivity contribution >= 4 is 11.8 Å². The van der Waals surface area contributed by atoms with Crippen molar-refractivity contribution in [2.24, 2.45) is 5.92 Å². The molecule has 0 aromatic heterocycles. The molecule has 0 radical (unpaired) electrons. The van der Waals surface area contributed by atoms with Gasteiger partial charge in [0.05, 0.1) is 12.6 Å². The molecule has 2 rings (SSSR count). The molecule has 96 valence electrons. The number of carbonyl (C=O) groups excluding carboxylic acids is 2. The lowest BCUT2D eigenvalue weighted by atomic mass is 10.1. The maximum Gasteiger partial charge on any atom is 0.240 e. The van der Waals surface area contributed by atoms with Crippen LogP contribution in [0.2, 0.25) is 0 Å². The van der Waals surface area contributed by atoms with E-state index in [2.05, 4.69) is 10.6 Å². The standard InChI is InChI=1S/C12H21N3O2/c1-2-10-12(17)15(6-5-13-10)8-11(16)14-7-9-3-4-9/h9-10,13H,2-8H2,1H3,(H,14,16). The summed E-state index contributed by atoms with van der Waals surface area (Å²) in [5.74, 6) is 0.711. The Kier molecular flexibility index (Phi) is 3.99. The van der Waals surface area contributed by atoms with Crippen molar-refractivity contribution in [3.05, 3.63) is 0 Å². The predicted molar refractivity (Wildman–Crippen MR) is 64.4 cm³/mol. The minimum atomic E-state index is -0.111. The van der Waals surface area contributed by atoms with Crippen LogP contribution in [0.4, 0.5) is 0 Å². The van der Waals surface area contributed by atoms with E-state index in [1.807, 2.05) is 6.92 Å². The van der Waals surface area contributed by atoms with Gasteiger partial charge in [-0.2, -0.15) is 0 Å². The van der Waals surface area contributed by atoms with Gasteiger partial charge in [0, 0.05) is 19.6 Å². The van der Waals surface area contributed by atoms with Crippen LogP contribution < -0.4 is 10.6 Å². The van der Waals surface area contributed by atoms with Crippen LogP contribution in [0.3, 0.4) is 0 Å². The molecule has 0 aromatic rings. The molecule has 1 atom stereocenters. The van der Waals surface area contributed by atoms with Crippen molar-refractivity contribution in [3.8, 4) is 0 Å². The van der Waals surface area contributed by atoms with Crippen molar-refractivity contribution in [2.45, 2.75) is 32.2 Å². The summed E-state index contributed by atoms with van der Waals surface area (Å²) in [6.45, 7) is 4.37. The molecule has 1 saturated heterocycles. The van der Waals surface area contributed by atoms with Crippen molar-refractivity contribution < 1.29 is 9.59 Å². The molecule has 2 N–H and O–H groups in total. The summed E-state index contributed by atoms with van der Waals surface area (Å²) >= 11 is 0. The smallest absolute Gasteiger partial charge is 0.240 e. The molecule has 1 aliphatic carbocycles. The monoisotopic (exact) mass is 239 g/mol. The van der Waals surface area contributed by atoms with Crippen LogP contribution in [0.25, 0.3) is 0 Å². The fraction of sp³-hybridized carbons (Fsp3) is 0.833. The molecule has 1 aliphatic heterocycles. The van der Waals surface area contributed by atoms with Gasteiger partial charge in [-0.25, -0.2) is 0 Å². The average molecular weight is 239 g/mol. The van der Waals surface area contributed by atoms with Crippen LogP contribution in [0.15, 0.2) is 0 Å². The van der Waals surface area contributed by atoms with Gasteiger partial charge in [0.2, 0.25) is 11.8 Å². The second-order valence-electron chi connectivity index (χ2n) is 4.92. The van der Waals surface area contributed by atoms with Gasteiger partial charge in [0.25, 0.3) is 0 Å². The molecular weight excluding hydrogens is 218 g/mol. The van der Waals surface area contributed by atoms with Crippen LogP contribution in [0.1, 0.15) is 26.2 Å². The molecule has 0 bridgehead atoms. The highest BCUT2D eigenvalue weighted by molar-refractivity contribution is 5.88. The molecule has 5 nitrogen and oxygen atoms in total. The number of nitrogens with zero attached hydrogens (tertiary/aromatic N) is 1. The summed E-state index contributed by atoms with van der Waals surface area (Å²) in [7, 11) is 0. The molecule has 5 heteroatoms. The number of carbonyl (C=O) groups is 2. The fourth-order valence-corrected chi connectivity index (χ4v) is 2.08. The van der Waals surface area contributed by atoms with E-state index in [-0.39, 0.29) is 24.4 Å². The van der Waals surface area contributed by atoms with Gasteiger partial charge >= 0.3 is 0 Å². The lowest BCUT2D eigenvalue weighted by molar-refractivity contribution is -0.139. The average Bonchev–Trinajstić information content (AvgIpc) is 3.13. The summed E-state index contributed by atoms with van der Waals surface area (Å²) in [4.78, 5) is 25.2. The molecule has 1 heterocycles. The summed E-state index contributed by atoms with van der Waals surface area (Å²) < 4.78 is 0. The molecule has 0 aromatic carbocycles. The van der Waals surface area contributed by atoms with Gasteiger partial charge in [-0.15, -0.1) is 0 Å². The number of nitrogens with one attached hydrogen (secondary N) is 2. The summed E-state index contributed by atoms with van der Waals surface area (Å²) in [6.07, 6.45) is 3.23. The third kappa shape index (κ3) is 3.43. The predicted octanol–water partition coefficient (Wildman–Crippen LogP) is -0.277. The Bertz CT molecular complexity index is 302. The first-order chi connectivity index (χ1) is 8.20. The van der Waals surface area contributed by atoms with Crippen molar-refractivity contribution in [1.82, 2.24) is 15.5 Å². The molecule has 2 fully saturated rings. The second-order valence-corrected chi connectivity index (χ2v) is 4.92. The minimum absolute atomic E-state index is 0.0259. The molecule has 1 saturated carbocycles. The highest BCUT2D eigenvalue weighted by Crippen LogP contribution is 2.27. The Labute approximate surface area is 102 Å². The highest BCUT2D eigenvalue weighted by atomic mass is 16.2. The number of piperazine rings is 1. The molecule has 0 spiro atoms. The quantitative estimate of drug-likeness (QED) is 0.694. The molecular formula is C12H21N3O2. The first kappa shape index (κ1) is 12.4. The Morgan fingerprint density at radius 1 is 1.53 bits per heavy atom. The Morgan fingerprint density at radius 2 is 2.29 bits per heavy atom. The van der Waals surface area contributed by atoms with Crippen LogP contribution in [0, 0.1) is 5.92 Å². The van der Waals surface area contributed by atoms with Gasteiger partial charge in [-0.3, -0.25) is 9.59 Å². The molecule has 17 heavy (non-hydrogen) atoms. The van der Waals surface area contributed by atoms with Crippen LogP contribution in [-0.2, 0) is 9.59 Å². The van der Waals surface area contributed by atoms with Crippen molar-refractivity contribution in [1.29, 1.82) is 0 Å². The zero-order valence-electron chi connectivity index (χ0n) is 10.4. The van der Waals surface area contributed by atoms with E-state index < -0.39 is 0 Å². The van der Waals surface area contributed by atoms with E-state index in [1.54, 1.807) is 4.90 Å². The fourth-order valence-electron chi connectivity index (χ4n) is 2.08. The Balaban J connectivity index is 1.75. The van der Waals surface area contributed by atoms with E-state index in [9.17, 15) is 9.59 Å². The van der Waals surface area contributed by atoms with Gasteiger partial charge in [0.15, 0.2) is 0 Å². The van der Waals surface area contributed by atoms with E-state index in [4.69, 9.17) is 0 Å². The van der Waals surface area contributed by atoms with Crippen LogP contribution in [0.5, 0.6) is 0 Å². The van der Waals surface area contributed by atoms with Gasteiger partial charge in [-0.05, 0) is 25.2 Å². The van der Waals surface area contributed by atoms with E-state index in [1.165, 1.54) is 12.8 Å². The highest BCUT2D eigenvalue weighted by Gasteiger charge is 2.28. The topological polar surface area (TPSA) is 61.4 Å². The van der Waals surface area contributed by atoms with E-state index in [0.717, 1.165) is 19.5 Å². The Morgan fingerprint density at radius 3 is 2.94 bits per heavy atom. The zero-order chi connectivity index (χ0) is 12.3. The van der Waals surface area contributed by atoms with Crippen molar-refractivity contribution in [3.63, 3.8) is 0 Å². The van der Waals surface area contributed by atoms with E-state index in [0.29, 0.717) is 12.5 Å². The first-order valence-electron chi connectivity index (χ1n) is 6.49. The third-order valence-corrected chi connectivity index (χ3v) is 3.41. The molecule has 2 amide bonds. The summed E-state index contributed by atoms with van der Waals surface area (Å²) in [5, 5.41) is 6.05. The number of hydrogen-bond donors (Lipinski definition) is 2. The van der Waals surface area contributed by atoms with E-state index >= 15 is 0 Å². The van der Waals surface area contributed by atoms with Crippen LogP contribution >= 0.6 is 0 Å².